The van der Waals surface area contributed by atoms with Crippen LogP contribution in [0.1, 0.15) is 25.8 Å². The Bertz CT molecular complexity index is 367. The molecule has 1 aromatic heterocycles. The van der Waals surface area contributed by atoms with Gasteiger partial charge in [-0.25, -0.2) is 0 Å². The molecule has 0 aliphatic rings. The van der Waals surface area contributed by atoms with E-state index in [0.29, 0.717) is 17.9 Å². The molecule has 82 valence electrons. The third kappa shape index (κ3) is 2.69. The summed E-state index contributed by atoms with van der Waals surface area (Å²) in [6.45, 7) is 3.59. The first-order chi connectivity index (χ1) is 6.99. The largest absolute Gasteiger partial charge is 0.481 e. The van der Waals surface area contributed by atoms with Crippen LogP contribution < -0.4 is 0 Å². The maximum absolute atomic E-state index is 11.1. The molecule has 1 rings (SSSR count). The SMILES string of the molecule is CCC(C)(Cc1ccncc1Cl)C(=O)O. The number of hydrogen-bond acceptors (Lipinski definition) is 2. The maximum Gasteiger partial charge on any atom is 0.309 e. The molecule has 1 heterocycles. The van der Waals surface area contributed by atoms with Crippen molar-refractivity contribution in [3.63, 3.8) is 0 Å². The van der Waals surface area contributed by atoms with E-state index >= 15 is 0 Å². The standard InChI is InChI=1S/C11H14ClNO2/c1-3-11(2,10(14)15)6-8-4-5-13-7-9(8)12/h4-5,7H,3,6H2,1-2H3,(H,14,15). The Morgan fingerprint density at radius 1 is 1.67 bits per heavy atom. The number of carboxylic acids is 1. The highest BCUT2D eigenvalue weighted by atomic mass is 35.5. The van der Waals surface area contributed by atoms with Crippen molar-refractivity contribution in [2.45, 2.75) is 26.7 Å². The number of rotatable bonds is 4. The summed E-state index contributed by atoms with van der Waals surface area (Å²) >= 11 is 5.94. The quantitative estimate of drug-likeness (QED) is 0.861. The van der Waals surface area contributed by atoms with Crippen molar-refractivity contribution in [2.75, 3.05) is 0 Å². The monoisotopic (exact) mass is 227 g/mol. The van der Waals surface area contributed by atoms with Gasteiger partial charge in [-0.1, -0.05) is 18.5 Å². The number of aliphatic carboxylic acids is 1. The molecule has 0 saturated heterocycles. The lowest BCUT2D eigenvalue weighted by Gasteiger charge is -2.23. The molecule has 0 aliphatic carbocycles. The molecule has 0 aromatic carbocycles. The van der Waals surface area contributed by atoms with Gasteiger partial charge in [-0.05, 0) is 31.4 Å². The highest BCUT2D eigenvalue weighted by Gasteiger charge is 2.31. The smallest absolute Gasteiger partial charge is 0.309 e. The Balaban J connectivity index is 2.94. The van der Waals surface area contributed by atoms with E-state index in [-0.39, 0.29) is 0 Å². The number of halogens is 1. The van der Waals surface area contributed by atoms with Crippen LogP contribution in [0.2, 0.25) is 5.02 Å². The number of aromatic nitrogens is 1. The lowest BCUT2D eigenvalue weighted by atomic mass is 9.81. The van der Waals surface area contributed by atoms with Crippen molar-refractivity contribution in [3.8, 4) is 0 Å². The zero-order valence-electron chi connectivity index (χ0n) is 8.83. The Morgan fingerprint density at radius 3 is 2.80 bits per heavy atom. The van der Waals surface area contributed by atoms with E-state index in [1.54, 1.807) is 19.2 Å². The van der Waals surface area contributed by atoms with Gasteiger partial charge in [0.15, 0.2) is 0 Å². The number of carboxylic acid groups (broad SMARTS) is 1. The van der Waals surface area contributed by atoms with E-state index in [4.69, 9.17) is 16.7 Å². The third-order valence-corrected chi connectivity index (χ3v) is 3.07. The Kier molecular flexibility index (Phi) is 3.69. The molecule has 0 aliphatic heterocycles. The summed E-state index contributed by atoms with van der Waals surface area (Å²) in [5.74, 6) is -0.794. The summed E-state index contributed by atoms with van der Waals surface area (Å²) in [6.07, 6.45) is 4.16. The van der Waals surface area contributed by atoms with E-state index < -0.39 is 11.4 Å². The summed E-state index contributed by atoms with van der Waals surface area (Å²) in [5, 5.41) is 9.65. The van der Waals surface area contributed by atoms with Crippen molar-refractivity contribution in [3.05, 3.63) is 29.0 Å². The Labute approximate surface area is 94.1 Å². The van der Waals surface area contributed by atoms with E-state index in [1.165, 1.54) is 6.20 Å². The number of carbonyl (C=O) groups is 1. The van der Waals surface area contributed by atoms with Crippen molar-refractivity contribution in [1.82, 2.24) is 4.98 Å². The number of pyridine rings is 1. The molecule has 0 radical (unpaired) electrons. The molecule has 0 bridgehead atoms. The van der Waals surface area contributed by atoms with Crippen molar-refractivity contribution in [1.29, 1.82) is 0 Å². The van der Waals surface area contributed by atoms with Gasteiger partial charge < -0.3 is 5.11 Å². The molecule has 1 aromatic rings. The van der Waals surface area contributed by atoms with Gasteiger partial charge >= 0.3 is 5.97 Å². The molecular formula is C11H14ClNO2. The molecule has 15 heavy (non-hydrogen) atoms. The zero-order chi connectivity index (χ0) is 11.5. The summed E-state index contributed by atoms with van der Waals surface area (Å²) in [7, 11) is 0. The van der Waals surface area contributed by atoms with Crippen molar-refractivity contribution >= 4 is 17.6 Å². The Hall–Kier alpha value is -1.09. The van der Waals surface area contributed by atoms with E-state index in [2.05, 4.69) is 4.98 Å². The van der Waals surface area contributed by atoms with Gasteiger partial charge in [0.2, 0.25) is 0 Å². The minimum Gasteiger partial charge on any atom is -0.481 e. The number of hydrogen-bond donors (Lipinski definition) is 1. The van der Waals surface area contributed by atoms with Gasteiger partial charge in [0.1, 0.15) is 0 Å². The highest BCUT2D eigenvalue weighted by molar-refractivity contribution is 6.31. The lowest BCUT2D eigenvalue weighted by molar-refractivity contribution is -0.148. The van der Waals surface area contributed by atoms with Crippen LogP contribution in [0.4, 0.5) is 0 Å². The van der Waals surface area contributed by atoms with Crippen molar-refractivity contribution in [2.24, 2.45) is 5.41 Å². The maximum atomic E-state index is 11.1. The second-order valence-corrected chi connectivity index (χ2v) is 4.27. The van der Waals surface area contributed by atoms with Crippen LogP contribution in [0.15, 0.2) is 18.5 Å². The van der Waals surface area contributed by atoms with Crippen LogP contribution in [0.5, 0.6) is 0 Å². The van der Waals surface area contributed by atoms with Gasteiger partial charge in [0.05, 0.1) is 10.4 Å². The fraction of sp³-hybridized carbons (Fsp3) is 0.455. The third-order valence-electron chi connectivity index (χ3n) is 2.73. The molecule has 4 heteroatoms. The molecule has 1 unspecified atom stereocenters. The summed E-state index contributed by atoms with van der Waals surface area (Å²) in [6, 6.07) is 1.76. The molecule has 0 saturated carbocycles. The van der Waals surface area contributed by atoms with Gasteiger partial charge in [0.25, 0.3) is 0 Å². The van der Waals surface area contributed by atoms with E-state index in [9.17, 15) is 4.79 Å². The molecule has 1 N–H and O–H groups in total. The average Bonchev–Trinajstić information content (AvgIpc) is 2.21. The van der Waals surface area contributed by atoms with Crippen LogP contribution in [0.25, 0.3) is 0 Å². The normalized spacial score (nSPS) is 14.6. The highest BCUT2D eigenvalue weighted by Crippen LogP contribution is 2.29. The van der Waals surface area contributed by atoms with Crippen LogP contribution in [0.3, 0.4) is 0 Å². The first kappa shape index (κ1) is 12.0. The molecular weight excluding hydrogens is 214 g/mol. The molecule has 3 nitrogen and oxygen atoms in total. The fourth-order valence-electron chi connectivity index (χ4n) is 1.32. The summed E-state index contributed by atoms with van der Waals surface area (Å²) < 4.78 is 0. The second kappa shape index (κ2) is 4.62. The molecule has 0 amide bonds. The van der Waals surface area contributed by atoms with E-state index in [0.717, 1.165) is 5.56 Å². The molecule has 0 fully saturated rings. The second-order valence-electron chi connectivity index (χ2n) is 3.86. The minimum atomic E-state index is -0.794. The van der Waals surface area contributed by atoms with Gasteiger partial charge in [-0.15, -0.1) is 0 Å². The molecule has 1 atom stereocenters. The first-order valence-electron chi connectivity index (χ1n) is 4.81. The summed E-state index contributed by atoms with van der Waals surface area (Å²) in [5.41, 5.74) is 0.0729. The number of nitrogens with zero attached hydrogens (tertiary/aromatic N) is 1. The lowest BCUT2D eigenvalue weighted by Crippen LogP contribution is -2.29. The van der Waals surface area contributed by atoms with Crippen molar-refractivity contribution < 1.29 is 9.90 Å². The van der Waals surface area contributed by atoms with Gasteiger partial charge in [-0.3, -0.25) is 9.78 Å². The predicted octanol–water partition coefficient (Wildman–Crippen LogP) is 2.78. The first-order valence-corrected chi connectivity index (χ1v) is 5.19. The van der Waals surface area contributed by atoms with Crippen LogP contribution in [-0.2, 0) is 11.2 Å². The van der Waals surface area contributed by atoms with Crippen LogP contribution in [0, 0.1) is 5.41 Å². The zero-order valence-corrected chi connectivity index (χ0v) is 9.58. The van der Waals surface area contributed by atoms with Crippen LogP contribution in [-0.4, -0.2) is 16.1 Å². The van der Waals surface area contributed by atoms with Gasteiger partial charge in [-0.2, -0.15) is 0 Å². The Morgan fingerprint density at radius 2 is 2.33 bits per heavy atom. The summed E-state index contributed by atoms with van der Waals surface area (Å²) in [4.78, 5) is 15.0. The minimum absolute atomic E-state index is 0.431. The predicted molar refractivity (Wildman–Crippen MR) is 59.0 cm³/mol. The van der Waals surface area contributed by atoms with Crippen LogP contribution >= 0.6 is 11.6 Å². The van der Waals surface area contributed by atoms with E-state index in [1.807, 2.05) is 6.92 Å². The fourth-order valence-corrected chi connectivity index (χ4v) is 1.51. The van der Waals surface area contributed by atoms with Gasteiger partial charge in [0, 0.05) is 12.4 Å². The topological polar surface area (TPSA) is 50.2 Å². The molecule has 0 spiro atoms. The average molecular weight is 228 g/mol.